The van der Waals surface area contributed by atoms with Crippen LogP contribution in [0.3, 0.4) is 0 Å². The first-order valence-corrected chi connectivity index (χ1v) is 8.63. The summed E-state index contributed by atoms with van der Waals surface area (Å²) in [7, 11) is -5.16. The van der Waals surface area contributed by atoms with Crippen molar-refractivity contribution < 1.29 is 56.9 Å². The van der Waals surface area contributed by atoms with Crippen LogP contribution >= 0.6 is 0 Å². The maximum absolute atomic E-state index is 13.4. The molecular weight excluding hydrogens is 421 g/mol. The molecule has 0 aromatic heterocycles. The Morgan fingerprint density at radius 2 is 0.926 bits per heavy atom. The fourth-order valence-corrected chi connectivity index (χ4v) is 2.42. The molecule has 3 nitrogen and oxygen atoms in total. The number of hydrogen-bond acceptors (Lipinski definition) is 2. The third-order valence-corrected chi connectivity index (χ3v) is 4.01. The van der Waals surface area contributed by atoms with Crippen molar-refractivity contribution >= 4 is 29.0 Å². The zero-order chi connectivity index (χ0) is 20.8. The van der Waals surface area contributed by atoms with Crippen LogP contribution in [0.1, 0.15) is 6.42 Å². The molecule has 0 aliphatic rings. The summed E-state index contributed by atoms with van der Waals surface area (Å²) >= 11 is 0. The van der Waals surface area contributed by atoms with Crippen molar-refractivity contribution in [3.05, 3.63) is 0 Å². The van der Waals surface area contributed by atoms with E-state index in [0.29, 0.717) is 0 Å². The molecule has 9 unspecified atom stereocenters. The van der Waals surface area contributed by atoms with Gasteiger partial charge in [-0.1, -0.05) is 0 Å². The Hall–Kier alpha value is -0.193. The van der Waals surface area contributed by atoms with Gasteiger partial charge in [-0.2, -0.15) is 8.42 Å². The summed E-state index contributed by atoms with van der Waals surface area (Å²) in [5.74, 6) is -2.03. The van der Waals surface area contributed by atoms with Crippen LogP contribution in [0.4, 0.5) is 43.9 Å². The van der Waals surface area contributed by atoms with Crippen molar-refractivity contribution in [2.24, 2.45) is 0 Å². The van der Waals surface area contributed by atoms with Gasteiger partial charge in [-0.3, -0.25) is 8.94 Å². The number of rotatable bonds is 12. The Balaban J connectivity index is 0. The van der Waals surface area contributed by atoms with Crippen LogP contribution in [0.5, 0.6) is 0 Å². The second kappa shape index (κ2) is 12.4. The molecule has 0 bridgehead atoms. The SMILES string of the molecule is O=S(=O)(O)CC(F)C(F)C(F)C(F)C(F)C(F)C(F)C(F)C(F)CCF.[LiH]. The summed E-state index contributed by atoms with van der Waals surface area (Å²) in [4.78, 5) is 0. The molecule has 160 valence electrons. The molecule has 0 radical (unpaired) electrons. The van der Waals surface area contributed by atoms with E-state index in [2.05, 4.69) is 0 Å². The van der Waals surface area contributed by atoms with Crippen LogP contribution in [0.2, 0.25) is 0 Å². The molecule has 0 fully saturated rings. The van der Waals surface area contributed by atoms with E-state index in [4.69, 9.17) is 4.55 Å². The van der Waals surface area contributed by atoms with Gasteiger partial charge in [-0.25, -0.2) is 39.5 Å². The van der Waals surface area contributed by atoms with E-state index in [-0.39, 0.29) is 18.9 Å². The van der Waals surface area contributed by atoms with Gasteiger partial charge in [0.1, 0.15) is 11.9 Å². The molecule has 0 aliphatic heterocycles. The third-order valence-electron chi connectivity index (χ3n) is 3.27. The van der Waals surface area contributed by atoms with Crippen molar-refractivity contribution in [3.8, 4) is 0 Å². The van der Waals surface area contributed by atoms with E-state index in [9.17, 15) is 52.3 Å². The van der Waals surface area contributed by atoms with Gasteiger partial charge in [0, 0.05) is 6.42 Å². The molecule has 0 rings (SSSR count). The first-order valence-electron chi connectivity index (χ1n) is 7.02. The maximum atomic E-state index is 13.4. The number of halogens is 10. The summed E-state index contributed by atoms with van der Waals surface area (Å²) in [6, 6.07) is 0. The third kappa shape index (κ3) is 9.23. The second-order valence-electron chi connectivity index (χ2n) is 5.37. The van der Waals surface area contributed by atoms with Gasteiger partial charge < -0.3 is 0 Å². The van der Waals surface area contributed by atoms with E-state index in [1.165, 1.54) is 0 Å². The first-order chi connectivity index (χ1) is 11.7. The molecule has 0 saturated carbocycles. The molecule has 9 atom stereocenters. The van der Waals surface area contributed by atoms with E-state index in [0.717, 1.165) is 0 Å². The van der Waals surface area contributed by atoms with Gasteiger partial charge in [-0.15, -0.1) is 0 Å². The van der Waals surface area contributed by atoms with Crippen molar-refractivity contribution in [2.45, 2.75) is 62.0 Å². The molecule has 0 saturated heterocycles. The second-order valence-corrected chi connectivity index (χ2v) is 6.87. The molecule has 0 heterocycles. The fraction of sp³-hybridized carbons (Fsp3) is 1.00. The number of hydrogen-bond donors (Lipinski definition) is 1. The van der Waals surface area contributed by atoms with Crippen LogP contribution in [0.25, 0.3) is 0 Å². The van der Waals surface area contributed by atoms with Gasteiger partial charge in [0.05, 0.1) is 6.67 Å². The number of alkyl halides is 10. The molecule has 0 aromatic carbocycles. The molecule has 0 aromatic rings. The summed E-state index contributed by atoms with van der Waals surface area (Å²) < 4.78 is 160. The topological polar surface area (TPSA) is 54.4 Å². The minimum atomic E-state index is -5.16. The Morgan fingerprint density at radius 3 is 1.22 bits per heavy atom. The van der Waals surface area contributed by atoms with Gasteiger partial charge in [0.2, 0.25) is 0 Å². The molecular formula is C12H17F10LiO3S. The Morgan fingerprint density at radius 1 is 0.630 bits per heavy atom. The molecule has 0 spiro atoms. The van der Waals surface area contributed by atoms with E-state index < -0.39 is 84.5 Å². The zero-order valence-corrected chi connectivity index (χ0v) is 13.6. The van der Waals surface area contributed by atoms with Crippen LogP contribution in [0, 0.1) is 0 Å². The Bertz CT molecular complexity index is 516. The van der Waals surface area contributed by atoms with Gasteiger partial charge in [0.15, 0.2) is 49.4 Å². The van der Waals surface area contributed by atoms with Crippen LogP contribution in [-0.4, -0.2) is 99.8 Å². The van der Waals surface area contributed by atoms with Crippen molar-refractivity contribution in [1.82, 2.24) is 0 Å². The fourth-order valence-electron chi connectivity index (χ4n) is 1.83. The summed E-state index contributed by atoms with van der Waals surface area (Å²) in [6.45, 7) is -1.47. The van der Waals surface area contributed by atoms with E-state index in [1.54, 1.807) is 0 Å². The monoisotopic (exact) mass is 438 g/mol. The summed E-state index contributed by atoms with van der Waals surface area (Å²) in [5, 5.41) is 0. The Kier molecular flexibility index (Phi) is 13.3. The molecule has 15 heteroatoms. The van der Waals surface area contributed by atoms with E-state index >= 15 is 0 Å². The molecule has 27 heavy (non-hydrogen) atoms. The summed E-state index contributed by atoms with van der Waals surface area (Å²) in [5.41, 5.74) is 0. The predicted octanol–water partition coefficient (Wildman–Crippen LogP) is 2.63. The van der Waals surface area contributed by atoms with E-state index in [1.807, 2.05) is 0 Å². The van der Waals surface area contributed by atoms with Gasteiger partial charge >= 0.3 is 18.9 Å². The predicted molar refractivity (Wildman–Crippen MR) is 78.2 cm³/mol. The summed E-state index contributed by atoms with van der Waals surface area (Å²) in [6.07, 6.45) is -33.9. The van der Waals surface area contributed by atoms with Crippen molar-refractivity contribution in [1.29, 1.82) is 0 Å². The normalized spacial score (nSPS) is 22.5. The average Bonchev–Trinajstić information content (AvgIpc) is 2.55. The molecule has 1 N–H and O–H groups in total. The van der Waals surface area contributed by atoms with Crippen LogP contribution in [-0.2, 0) is 10.1 Å². The zero-order valence-electron chi connectivity index (χ0n) is 12.8. The average molecular weight is 438 g/mol. The molecule has 0 amide bonds. The van der Waals surface area contributed by atoms with Gasteiger partial charge in [0.25, 0.3) is 10.1 Å². The van der Waals surface area contributed by atoms with Crippen LogP contribution < -0.4 is 0 Å². The standard InChI is InChI=1S/C12H16F10O3S.Li.H/c13-2-1-4(14)6(16)8(18)10(20)12(22)11(21)9(19)7(17)5(15)3-26(23,24)25;;/h4-12H,1-3H2,(H,23,24,25);;. The van der Waals surface area contributed by atoms with Crippen LogP contribution in [0.15, 0.2) is 0 Å². The first kappa shape index (κ1) is 29.0. The Labute approximate surface area is 160 Å². The minimum absolute atomic E-state index is 0. The van der Waals surface area contributed by atoms with Gasteiger partial charge in [-0.05, 0) is 0 Å². The molecule has 0 aliphatic carbocycles. The van der Waals surface area contributed by atoms with Crippen molar-refractivity contribution in [3.63, 3.8) is 0 Å². The van der Waals surface area contributed by atoms with Crippen molar-refractivity contribution in [2.75, 3.05) is 12.4 Å². The quantitative estimate of drug-likeness (QED) is 0.290.